The average Bonchev–Trinajstić information content (AvgIpc) is 2.79. The summed E-state index contributed by atoms with van der Waals surface area (Å²) >= 11 is 1.53. The molecule has 0 aromatic carbocycles. The first kappa shape index (κ1) is 14.7. The van der Waals surface area contributed by atoms with Crippen molar-refractivity contribution in [3.63, 3.8) is 0 Å². The van der Waals surface area contributed by atoms with Crippen LogP contribution in [0.15, 0.2) is 17.5 Å². The van der Waals surface area contributed by atoms with E-state index in [9.17, 15) is 4.79 Å². The smallest absolute Gasteiger partial charge is 0.172 e. The molecule has 0 aliphatic carbocycles. The first-order valence-corrected chi connectivity index (χ1v) is 7.81. The Morgan fingerprint density at radius 2 is 2.37 bits per heavy atom. The van der Waals surface area contributed by atoms with Crippen LogP contribution in [-0.4, -0.2) is 42.0 Å². The number of thiophene rings is 1. The monoisotopic (exact) mass is 281 g/mol. The lowest BCUT2D eigenvalue weighted by atomic mass is 10.0. The summed E-state index contributed by atoms with van der Waals surface area (Å²) in [4.78, 5) is 15.2. The fraction of sp³-hybridized carbons (Fsp3) is 0.667. The Balaban J connectivity index is 1.75. The number of ketones is 1. The highest BCUT2D eigenvalue weighted by Gasteiger charge is 2.30. The molecule has 0 bridgehead atoms. The number of ether oxygens (including phenoxy) is 1. The molecule has 1 aliphatic heterocycles. The molecule has 0 saturated carbocycles. The number of Topliss-reactive ketones (excluding diaryl/α,β-unsaturated/α-hetero) is 1. The zero-order chi connectivity index (χ0) is 13.9. The second-order valence-electron chi connectivity index (χ2n) is 5.93. The van der Waals surface area contributed by atoms with Crippen LogP contribution >= 0.6 is 11.3 Å². The summed E-state index contributed by atoms with van der Waals surface area (Å²) in [7, 11) is 0. The zero-order valence-electron chi connectivity index (χ0n) is 12.0. The van der Waals surface area contributed by atoms with Crippen LogP contribution in [0.2, 0.25) is 0 Å². The van der Waals surface area contributed by atoms with Crippen LogP contribution in [-0.2, 0) is 4.74 Å². The number of carbonyl (C=O) groups is 1. The van der Waals surface area contributed by atoms with E-state index in [0.29, 0.717) is 6.42 Å². The molecule has 1 atom stereocenters. The van der Waals surface area contributed by atoms with E-state index in [2.05, 4.69) is 25.7 Å². The minimum absolute atomic E-state index is 0.0740. The summed E-state index contributed by atoms with van der Waals surface area (Å²) in [6.07, 6.45) is 1.85. The maximum Gasteiger partial charge on any atom is 0.172 e. The van der Waals surface area contributed by atoms with Gasteiger partial charge in [0.25, 0.3) is 0 Å². The molecular formula is C15H23NO2S. The predicted octanol–water partition coefficient (Wildman–Crippen LogP) is 3.21. The number of morpholine rings is 1. The van der Waals surface area contributed by atoms with Crippen molar-refractivity contribution in [1.82, 2.24) is 4.90 Å². The summed E-state index contributed by atoms with van der Waals surface area (Å²) in [5.41, 5.74) is -0.0740. The highest BCUT2D eigenvalue weighted by molar-refractivity contribution is 7.12. The van der Waals surface area contributed by atoms with E-state index in [-0.39, 0.29) is 17.5 Å². The van der Waals surface area contributed by atoms with Gasteiger partial charge in [-0.25, -0.2) is 0 Å². The molecule has 3 nitrogen and oxygen atoms in total. The molecule has 1 aliphatic rings. The Bertz CT molecular complexity index is 414. The zero-order valence-corrected chi connectivity index (χ0v) is 12.8. The standard InChI is InChI=1S/C15H23NO2S/c1-12-10-16(11-15(2,3)18-12)8-4-6-13(17)14-7-5-9-19-14/h5,7,9,12H,4,6,8,10-11H2,1-3H3. The number of hydrogen-bond donors (Lipinski definition) is 0. The third-order valence-corrected chi connectivity index (χ3v) is 4.22. The van der Waals surface area contributed by atoms with Gasteiger partial charge in [0.1, 0.15) is 0 Å². The van der Waals surface area contributed by atoms with Crippen LogP contribution in [0.3, 0.4) is 0 Å². The molecule has 1 aromatic rings. The van der Waals surface area contributed by atoms with Crippen molar-refractivity contribution in [3.05, 3.63) is 22.4 Å². The second-order valence-corrected chi connectivity index (χ2v) is 6.88. The number of hydrogen-bond acceptors (Lipinski definition) is 4. The molecule has 0 radical (unpaired) electrons. The van der Waals surface area contributed by atoms with E-state index in [0.717, 1.165) is 30.9 Å². The van der Waals surface area contributed by atoms with Crippen LogP contribution in [0.5, 0.6) is 0 Å². The summed E-state index contributed by atoms with van der Waals surface area (Å²) < 4.78 is 5.88. The number of carbonyl (C=O) groups excluding carboxylic acids is 1. The van der Waals surface area contributed by atoms with Crippen molar-refractivity contribution in [1.29, 1.82) is 0 Å². The maximum absolute atomic E-state index is 11.9. The van der Waals surface area contributed by atoms with Gasteiger partial charge in [-0.2, -0.15) is 0 Å². The first-order chi connectivity index (χ1) is 8.96. The lowest BCUT2D eigenvalue weighted by molar-refractivity contribution is -0.128. The average molecular weight is 281 g/mol. The minimum Gasteiger partial charge on any atom is -0.370 e. The topological polar surface area (TPSA) is 29.5 Å². The molecule has 19 heavy (non-hydrogen) atoms. The molecular weight excluding hydrogens is 258 g/mol. The van der Waals surface area contributed by atoms with Gasteiger partial charge < -0.3 is 4.74 Å². The molecule has 0 spiro atoms. The molecule has 2 heterocycles. The van der Waals surface area contributed by atoms with E-state index < -0.39 is 0 Å². The molecule has 1 unspecified atom stereocenters. The number of rotatable bonds is 5. The second kappa shape index (κ2) is 6.16. The summed E-state index contributed by atoms with van der Waals surface area (Å²) in [6, 6.07) is 3.84. The van der Waals surface area contributed by atoms with Gasteiger partial charge in [0, 0.05) is 19.5 Å². The molecule has 0 amide bonds. The largest absolute Gasteiger partial charge is 0.370 e. The predicted molar refractivity (Wildman–Crippen MR) is 78.9 cm³/mol. The lowest BCUT2D eigenvalue weighted by Gasteiger charge is -2.41. The quantitative estimate of drug-likeness (QED) is 0.776. The van der Waals surface area contributed by atoms with Crippen LogP contribution in [0, 0.1) is 0 Å². The lowest BCUT2D eigenvalue weighted by Crippen LogP contribution is -2.51. The van der Waals surface area contributed by atoms with Crippen LogP contribution in [0.25, 0.3) is 0 Å². The van der Waals surface area contributed by atoms with Gasteiger partial charge >= 0.3 is 0 Å². The van der Waals surface area contributed by atoms with Gasteiger partial charge in [0.2, 0.25) is 0 Å². The Hall–Kier alpha value is -0.710. The van der Waals surface area contributed by atoms with Gasteiger partial charge in [-0.15, -0.1) is 11.3 Å². The van der Waals surface area contributed by atoms with Gasteiger partial charge in [0.15, 0.2) is 5.78 Å². The molecule has 1 saturated heterocycles. The molecule has 106 valence electrons. The molecule has 1 fully saturated rings. The highest BCUT2D eigenvalue weighted by Crippen LogP contribution is 2.21. The van der Waals surface area contributed by atoms with Crippen molar-refractivity contribution >= 4 is 17.1 Å². The fourth-order valence-corrected chi connectivity index (χ4v) is 3.47. The fourth-order valence-electron chi connectivity index (χ4n) is 2.78. The van der Waals surface area contributed by atoms with Crippen LogP contribution in [0.1, 0.15) is 43.3 Å². The van der Waals surface area contributed by atoms with E-state index in [1.807, 2.05) is 17.5 Å². The van der Waals surface area contributed by atoms with Gasteiger partial charge in [0.05, 0.1) is 16.6 Å². The van der Waals surface area contributed by atoms with Crippen LogP contribution in [0.4, 0.5) is 0 Å². The molecule has 1 aromatic heterocycles. The molecule has 2 rings (SSSR count). The van der Waals surface area contributed by atoms with E-state index in [1.54, 1.807) is 0 Å². The normalized spacial score (nSPS) is 23.4. The van der Waals surface area contributed by atoms with E-state index >= 15 is 0 Å². The van der Waals surface area contributed by atoms with Crippen molar-refractivity contribution < 1.29 is 9.53 Å². The van der Waals surface area contributed by atoms with Crippen molar-refractivity contribution in [3.8, 4) is 0 Å². The maximum atomic E-state index is 11.9. The summed E-state index contributed by atoms with van der Waals surface area (Å²) in [5, 5.41) is 1.96. The summed E-state index contributed by atoms with van der Waals surface area (Å²) in [6.45, 7) is 9.28. The SMILES string of the molecule is CC1CN(CCCC(=O)c2cccs2)CC(C)(C)O1. The molecule has 0 N–H and O–H groups in total. The van der Waals surface area contributed by atoms with Gasteiger partial charge in [-0.1, -0.05) is 6.07 Å². The third kappa shape index (κ3) is 4.41. The Morgan fingerprint density at radius 1 is 1.58 bits per heavy atom. The Kier molecular flexibility index (Phi) is 4.76. The van der Waals surface area contributed by atoms with Crippen molar-refractivity contribution in [2.45, 2.75) is 45.3 Å². The number of nitrogens with zero attached hydrogens (tertiary/aromatic N) is 1. The summed E-state index contributed by atoms with van der Waals surface area (Å²) in [5.74, 6) is 0.274. The van der Waals surface area contributed by atoms with Crippen molar-refractivity contribution in [2.75, 3.05) is 19.6 Å². The minimum atomic E-state index is -0.0740. The Labute approximate surface area is 119 Å². The van der Waals surface area contributed by atoms with E-state index in [4.69, 9.17) is 4.74 Å². The first-order valence-electron chi connectivity index (χ1n) is 6.93. The van der Waals surface area contributed by atoms with E-state index in [1.165, 1.54) is 11.3 Å². The van der Waals surface area contributed by atoms with Gasteiger partial charge in [-0.3, -0.25) is 9.69 Å². The highest BCUT2D eigenvalue weighted by atomic mass is 32.1. The Morgan fingerprint density at radius 3 is 3.00 bits per heavy atom. The van der Waals surface area contributed by atoms with Crippen LogP contribution < -0.4 is 0 Å². The third-order valence-electron chi connectivity index (χ3n) is 3.31. The van der Waals surface area contributed by atoms with Gasteiger partial charge in [-0.05, 0) is 45.2 Å². The molecule has 4 heteroatoms. The van der Waals surface area contributed by atoms with Crippen molar-refractivity contribution in [2.24, 2.45) is 0 Å².